The van der Waals surface area contributed by atoms with Crippen molar-refractivity contribution in [3.8, 4) is 17.1 Å². The molecular formula is C24H32FN7O4. The van der Waals surface area contributed by atoms with Gasteiger partial charge < -0.3 is 19.7 Å². The van der Waals surface area contributed by atoms with Crippen molar-refractivity contribution in [2.75, 3.05) is 5.32 Å². The smallest absolute Gasteiger partial charge is 0.306 e. The molecule has 0 bridgehead atoms. The van der Waals surface area contributed by atoms with Crippen molar-refractivity contribution in [1.82, 2.24) is 30.1 Å². The van der Waals surface area contributed by atoms with Gasteiger partial charge in [0.1, 0.15) is 17.1 Å². The Bertz CT molecular complexity index is 1210. The molecule has 0 saturated heterocycles. The average Bonchev–Trinajstić information content (AvgIpc) is 3.44. The molecule has 12 heteroatoms. The fourth-order valence-electron chi connectivity index (χ4n) is 4.27. The first-order valence-corrected chi connectivity index (χ1v) is 12.2. The number of hydrogen-bond donors (Lipinski definition) is 2. The number of hydrogen-bond acceptors (Lipinski definition) is 9. The van der Waals surface area contributed by atoms with Gasteiger partial charge in [0, 0.05) is 19.5 Å². The lowest BCUT2D eigenvalue weighted by Gasteiger charge is -2.27. The van der Waals surface area contributed by atoms with E-state index in [1.54, 1.807) is 14.0 Å². The number of halogens is 1. The minimum atomic E-state index is -0.823. The zero-order valence-electron chi connectivity index (χ0n) is 21.0. The summed E-state index contributed by atoms with van der Waals surface area (Å²) >= 11 is 0. The van der Waals surface area contributed by atoms with E-state index in [9.17, 15) is 9.90 Å². The summed E-state index contributed by atoms with van der Waals surface area (Å²) in [5.74, 6) is -0.140. The Labute approximate surface area is 208 Å². The number of ether oxygens (including phenoxy) is 1. The molecule has 36 heavy (non-hydrogen) atoms. The van der Waals surface area contributed by atoms with Crippen molar-refractivity contribution in [1.29, 1.82) is 0 Å². The maximum absolute atomic E-state index is 15.2. The lowest BCUT2D eigenvalue weighted by molar-refractivity contribution is -0.143. The average molecular weight is 502 g/mol. The van der Waals surface area contributed by atoms with Crippen LogP contribution in [0.25, 0.3) is 11.4 Å². The Kier molecular flexibility index (Phi) is 7.80. The summed E-state index contributed by atoms with van der Waals surface area (Å²) < 4.78 is 28.0. The molecule has 1 fully saturated rings. The second-order valence-corrected chi connectivity index (χ2v) is 9.65. The summed E-state index contributed by atoms with van der Waals surface area (Å²) in [7, 11) is 1.71. The number of aromatic nitrogens is 6. The van der Waals surface area contributed by atoms with Gasteiger partial charge in [-0.3, -0.25) is 4.79 Å². The normalized spacial score (nSPS) is 17.9. The molecule has 1 aliphatic carbocycles. The van der Waals surface area contributed by atoms with Crippen LogP contribution in [0.3, 0.4) is 0 Å². The van der Waals surface area contributed by atoms with E-state index in [-0.39, 0.29) is 18.3 Å². The molecule has 3 heterocycles. The number of nitrogens with one attached hydrogen (secondary N) is 1. The highest BCUT2D eigenvalue weighted by molar-refractivity contribution is 5.70. The molecule has 11 nitrogen and oxygen atoms in total. The number of rotatable bonds is 10. The van der Waals surface area contributed by atoms with Crippen molar-refractivity contribution in [2.45, 2.75) is 71.9 Å². The van der Waals surface area contributed by atoms with Gasteiger partial charge in [0.25, 0.3) is 5.95 Å². The molecule has 3 aromatic rings. The molecule has 2 atom stereocenters. The van der Waals surface area contributed by atoms with Gasteiger partial charge in [-0.15, -0.1) is 5.10 Å². The third-order valence-corrected chi connectivity index (χ3v) is 6.37. The largest absolute Gasteiger partial charge is 0.488 e. The van der Waals surface area contributed by atoms with Crippen LogP contribution in [0, 0.1) is 24.6 Å². The zero-order chi connectivity index (χ0) is 25.8. The van der Waals surface area contributed by atoms with Gasteiger partial charge in [-0.25, -0.2) is 14.1 Å². The second kappa shape index (κ2) is 11.0. The van der Waals surface area contributed by atoms with Gasteiger partial charge in [-0.1, -0.05) is 19.1 Å². The summed E-state index contributed by atoms with van der Waals surface area (Å²) in [5, 5.41) is 24.5. The molecular weight excluding hydrogens is 469 g/mol. The molecule has 1 saturated carbocycles. The maximum atomic E-state index is 15.2. The van der Waals surface area contributed by atoms with E-state index < -0.39 is 17.7 Å². The molecule has 194 valence electrons. The lowest BCUT2D eigenvalue weighted by atomic mass is 9.87. The molecule has 0 amide bonds. The third-order valence-electron chi connectivity index (χ3n) is 6.37. The fourth-order valence-corrected chi connectivity index (χ4v) is 4.27. The van der Waals surface area contributed by atoms with Crippen LogP contribution in [-0.4, -0.2) is 47.3 Å². The number of nitrogens with zero attached hydrogens (tertiary/aromatic N) is 6. The predicted octanol–water partition coefficient (Wildman–Crippen LogP) is 3.93. The van der Waals surface area contributed by atoms with Crippen molar-refractivity contribution in [3.05, 3.63) is 29.2 Å². The van der Waals surface area contributed by atoms with Gasteiger partial charge in [0.15, 0.2) is 5.82 Å². The van der Waals surface area contributed by atoms with Gasteiger partial charge in [-0.2, -0.15) is 4.98 Å². The predicted molar refractivity (Wildman–Crippen MR) is 128 cm³/mol. The van der Waals surface area contributed by atoms with Crippen LogP contribution >= 0.6 is 0 Å². The minimum absolute atomic E-state index is 0.0579. The summed E-state index contributed by atoms with van der Waals surface area (Å²) in [6.07, 6.45) is 3.86. The van der Waals surface area contributed by atoms with Crippen molar-refractivity contribution in [3.63, 3.8) is 0 Å². The Morgan fingerprint density at radius 3 is 2.89 bits per heavy atom. The van der Waals surface area contributed by atoms with Gasteiger partial charge >= 0.3 is 5.97 Å². The summed E-state index contributed by atoms with van der Waals surface area (Å²) in [6, 6.07) is 1.29. The Morgan fingerprint density at radius 2 is 2.14 bits per heavy atom. The highest BCUT2D eigenvalue weighted by Crippen LogP contribution is 2.32. The molecule has 4 rings (SSSR count). The van der Waals surface area contributed by atoms with Crippen molar-refractivity contribution in [2.24, 2.45) is 18.9 Å². The maximum Gasteiger partial charge on any atom is 0.306 e. The number of carbonyl (C=O) groups is 1. The van der Waals surface area contributed by atoms with Gasteiger partial charge in [0.05, 0.1) is 30.0 Å². The summed E-state index contributed by atoms with van der Waals surface area (Å²) in [6.45, 7) is 6.22. The molecule has 0 aliphatic heterocycles. The standard InChI is InChI=1S/C24H32FN7O4/c1-13(2)8-9-20-28-24(30-36-20)26-12-18-22(29-31-32(18)4)21-17(25)11-19(14(3)27-21)35-16-7-5-6-15(10-16)23(33)34/h11,13,15-16H,5-10,12H2,1-4H3,(H,26,30)(H,33,34)/t15-,16-/m0/s1. The van der Waals surface area contributed by atoms with Crippen molar-refractivity contribution >= 4 is 11.9 Å². The summed E-state index contributed by atoms with van der Waals surface area (Å²) in [5.41, 5.74) is 1.44. The quantitative estimate of drug-likeness (QED) is 0.420. The van der Waals surface area contributed by atoms with Crippen LogP contribution in [0.15, 0.2) is 10.6 Å². The number of anilines is 1. The monoisotopic (exact) mass is 501 g/mol. The first kappa shape index (κ1) is 25.5. The van der Waals surface area contributed by atoms with Crippen LogP contribution in [0.2, 0.25) is 0 Å². The van der Waals surface area contributed by atoms with E-state index >= 15 is 4.39 Å². The highest BCUT2D eigenvalue weighted by atomic mass is 19.1. The number of carboxylic acids is 1. The fraction of sp³-hybridized carbons (Fsp3) is 0.583. The number of aryl methyl sites for hydroxylation is 3. The summed E-state index contributed by atoms with van der Waals surface area (Å²) in [4.78, 5) is 20.1. The van der Waals surface area contributed by atoms with E-state index in [4.69, 9.17) is 9.26 Å². The van der Waals surface area contributed by atoms with Crippen LogP contribution < -0.4 is 10.1 Å². The van der Waals surface area contributed by atoms with E-state index in [0.717, 1.165) is 19.3 Å². The van der Waals surface area contributed by atoms with Crippen molar-refractivity contribution < 1.29 is 23.6 Å². The number of pyridine rings is 1. The zero-order valence-corrected chi connectivity index (χ0v) is 21.0. The molecule has 1 aliphatic rings. The van der Waals surface area contributed by atoms with E-state index in [0.29, 0.717) is 59.9 Å². The molecule has 3 aromatic heterocycles. The lowest BCUT2D eigenvalue weighted by Crippen LogP contribution is -2.29. The number of aliphatic carboxylic acids is 1. The van der Waals surface area contributed by atoms with E-state index in [1.165, 1.54) is 10.7 Å². The second-order valence-electron chi connectivity index (χ2n) is 9.65. The minimum Gasteiger partial charge on any atom is -0.488 e. The van der Waals surface area contributed by atoms with Crippen LogP contribution in [0.4, 0.5) is 10.3 Å². The molecule has 2 N–H and O–H groups in total. The first-order chi connectivity index (χ1) is 17.2. The number of carboxylic acid groups (broad SMARTS) is 1. The molecule has 0 unspecified atom stereocenters. The van der Waals surface area contributed by atoms with Gasteiger partial charge in [-0.05, 0) is 50.1 Å². The van der Waals surface area contributed by atoms with Crippen LogP contribution in [-0.2, 0) is 24.8 Å². The first-order valence-electron chi connectivity index (χ1n) is 12.2. The molecule has 0 aromatic carbocycles. The Morgan fingerprint density at radius 1 is 1.33 bits per heavy atom. The SMILES string of the molecule is Cc1nc(-c2nnn(C)c2CNc2noc(CCC(C)C)n2)c(F)cc1O[C@H]1CCC[C@H](C(=O)O)C1. The topological polar surface area (TPSA) is 141 Å². The van der Waals surface area contributed by atoms with Crippen LogP contribution in [0.1, 0.15) is 63.2 Å². The Balaban J connectivity index is 1.47. The molecule has 0 radical (unpaired) electrons. The van der Waals surface area contributed by atoms with Gasteiger partial charge in [0.2, 0.25) is 5.89 Å². The van der Waals surface area contributed by atoms with E-state index in [2.05, 4.69) is 44.6 Å². The molecule has 0 spiro atoms. The Hall–Kier alpha value is -3.57. The highest BCUT2D eigenvalue weighted by Gasteiger charge is 2.29. The van der Waals surface area contributed by atoms with Crippen LogP contribution in [0.5, 0.6) is 5.75 Å². The third kappa shape index (κ3) is 5.97. The van der Waals surface area contributed by atoms with E-state index in [1.807, 2.05) is 0 Å².